The molecule has 2 aromatic rings. The standard InChI is InChI=1S/C16H21NO2/c1-5-19-16(18)10-15-12(4)13-8-6-7-9-14(13)17(15)11(2)3/h6-9,11H,5,10H2,1-4H3. The summed E-state index contributed by atoms with van der Waals surface area (Å²) in [7, 11) is 0. The molecule has 2 rings (SSSR count). The van der Waals surface area contributed by atoms with E-state index >= 15 is 0 Å². The minimum absolute atomic E-state index is 0.157. The van der Waals surface area contributed by atoms with Crippen molar-refractivity contribution in [2.24, 2.45) is 0 Å². The molecule has 0 fully saturated rings. The lowest BCUT2D eigenvalue weighted by Gasteiger charge is -2.15. The lowest BCUT2D eigenvalue weighted by atomic mass is 10.1. The van der Waals surface area contributed by atoms with Crippen molar-refractivity contribution < 1.29 is 9.53 Å². The van der Waals surface area contributed by atoms with Gasteiger partial charge in [0.2, 0.25) is 0 Å². The van der Waals surface area contributed by atoms with E-state index in [9.17, 15) is 4.79 Å². The maximum Gasteiger partial charge on any atom is 0.311 e. The number of rotatable bonds is 4. The van der Waals surface area contributed by atoms with Crippen molar-refractivity contribution in [3.63, 3.8) is 0 Å². The van der Waals surface area contributed by atoms with Gasteiger partial charge in [0.05, 0.1) is 13.0 Å². The molecule has 0 atom stereocenters. The predicted molar refractivity (Wildman–Crippen MR) is 77.4 cm³/mol. The molecule has 3 nitrogen and oxygen atoms in total. The molecule has 1 aromatic heterocycles. The van der Waals surface area contributed by atoms with Gasteiger partial charge in [0.15, 0.2) is 0 Å². The van der Waals surface area contributed by atoms with Gasteiger partial charge in [0.25, 0.3) is 0 Å². The highest BCUT2D eigenvalue weighted by molar-refractivity contribution is 5.87. The van der Waals surface area contributed by atoms with Crippen LogP contribution in [0.1, 0.15) is 38.1 Å². The second-order valence-corrected chi connectivity index (χ2v) is 5.03. The molecule has 0 aliphatic rings. The van der Waals surface area contributed by atoms with Gasteiger partial charge in [-0.25, -0.2) is 0 Å². The van der Waals surface area contributed by atoms with E-state index in [2.05, 4.69) is 37.5 Å². The largest absolute Gasteiger partial charge is 0.466 e. The number of fused-ring (bicyclic) bond motifs is 1. The molecule has 0 aliphatic carbocycles. The second-order valence-electron chi connectivity index (χ2n) is 5.03. The Balaban J connectivity index is 2.55. The Labute approximate surface area is 114 Å². The average molecular weight is 259 g/mol. The van der Waals surface area contributed by atoms with Crippen LogP contribution in [-0.2, 0) is 16.0 Å². The summed E-state index contributed by atoms with van der Waals surface area (Å²) >= 11 is 0. The lowest BCUT2D eigenvalue weighted by molar-refractivity contribution is -0.142. The van der Waals surface area contributed by atoms with Gasteiger partial charge >= 0.3 is 5.97 Å². The van der Waals surface area contributed by atoms with Gasteiger partial charge in [-0.15, -0.1) is 0 Å². The summed E-state index contributed by atoms with van der Waals surface area (Å²) in [5.74, 6) is -0.157. The monoisotopic (exact) mass is 259 g/mol. The summed E-state index contributed by atoms with van der Waals surface area (Å²) in [4.78, 5) is 11.8. The first kappa shape index (κ1) is 13.7. The molecule has 0 aliphatic heterocycles. The number of aryl methyl sites for hydroxylation is 1. The number of nitrogens with zero attached hydrogens (tertiary/aromatic N) is 1. The highest BCUT2D eigenvalue weighted by Gasteiger charge is 2.18. The van der Waals surface area contributed by atoms with Crippen LogP contribution < -0.4 is 0 Å². The number of esters is 1. The van der Waals surface area contributed by atoms with E-state index in [-0.39, 0.29) is 5.97 Å². The van der Waals surface area contributed by atoms with Crippen molar-refractivity contribution in [1.29, 1.82) is 0 Å². The zero-order chi connectivity index (χ0) is 14.0. The number of para-hydroxylation sites is 1. The number of hydrogen-bond donors (Lipinski definition) is 0. The van der Waals surface area contributed by atoms with Crippen LogP contribution in [0.5, 0.6) is 0 Å². The van der Waals surface area contributed by atoms with Gasteiger partial charge in [-0.3, -0.25) is 4.79 Å². The third-order valence-electron chi connectivity index (χ3n) is 3.42. The summed E-state index contributed by atoms with van der Waals surface area (Å²) in [5, 5.41) is 1.22. The Morgan fingerprint density at radius 3 is 2.63 bits per heavy atom. The molecule has 0 radical (unpaired) electrons. The quantitative estimate of drug-likeness (QED) is 0.785. The molecule has 0 amide bonds. The van der Waals surface area contributed by atoms with Gasteiger partial charge in [-0.2, -0.15) is 0 Å². The maximum absolute atomic E-state index is 11.8. The average Bonchev–Trinajstić information content (AvgIpc) is 2.64. The Morgan fingerprint density at radius 2 is 2.00 bits per heavy atom. The van der Waals surface area contributed by atoms with Crippen LogP contribution in [0.2, 0.25) is 0 Å². The Morgan fingerprint density at radius 1 is 1.32 bits per heavy atom. The highest BCUT2D eigenvalue weighted by atomic mass is 16.5. The fraction of sp³-hybridized carbons (Fsp3) is 0.438. The number of ether oxygens (including phenoxy) is 1. The molecule has 0 saturated carbocycles. The van der Waals surface area contributed by atoms with E-state index in [1.54, 1.807) is 0 Å². The van der Waals surface area contributed by atoms with Gasteiger partial charge in [-0.1, -0.05) is 18.2 Å². The van der Waals surface area contributed by atoms with Crippen LogP contribution in [0.15, 0.2) is 24.3 Å². The van der Waals surface area contributed by atoms with Crippen LogP contribution in [0.25, 0.3) is 10.9 Å². The molecular formula is C16H21NO2. The van der Waals surface area contributed by atoms with Crippen molar-refractivity contribution >= 4 is 16.9 Å². The topological polar surface area (TPSA) is 31.2 Å². The normalized spacial score (nSPS) is 11.2. The SMILES string of the molecule is CCOC(=O)Cc1c(C)c2ccccc2n1C(C)C. The van der Waals surface area contributed by atoms with E-state index in [0.29, 0.717) is 19.1 Å². The van der Waals surface area contributed by atoms with Crippen molar-refractivity contribution in [3.8, 4) is 0 Å². The molecule has 0 spiro atoms. The van der Waals surface area contributed by atoms with Crippen LogP contribution in [0.4, 0.5) is 0 Å². The fourth-order valence-electron chi connectivity index (χ4n) is 2.64. The zero-order valence-corrected chi connectivity index (χ0v) is 12.1. The summed E-state index contributed by atoms with van der Waals surface area (Å²) in [6, 6.07) is 8.61. The van der Waals surface area contributed by atoms with E-state index in [4.69, 9.17) is 4.74 Å². The minimum Gasteiger partial charge on any atom is -0.466 e. The predicted octanol–water partition coefficient (Wildman–Crippen LogP) is 3.64. The molecule has 0 N–H and O–H groups in total. The van der Waals surface area contributed by atoms with E-state index in [1.807, 2.05) is 19.1 Å². The van der Waals surface area contributed by atoms with E-state index in [1.165, 1.54) is 16.5 Å². The molecule has 102 valence electrons. The summed E-state index contributed by atoms with van der Waals surface area (Å²) in [6.45, 7) is 8.62. The number of hydrogen-bond acceptors (Lipinski definition) is 2. The third kappa shape index (κ3) is 2.50. The number of carbonyl (C=O) groups excluding carboxylic acids is 1. The van der Waals surface area contributed by atoms with E-state index < -0.39 is 0 Å². The van der Waals surface area contributed by atoms with Crippen LogP contribution in [0.3, 0.4) is 0 Å². The Kier molecular flexibility index (Phi) is 3.93. The van der Waals surface area contributed by atoms with Crippen molar-refractivity contribution in [2.75, 3.05) is 6.61 Å². The third-order valence-corrected chi connectivity index (χ3v) is 3.42. The molecule has 3 heteroatoms. The van der Waals surface area contributed by atoms with E-state index in [0.717, 1.165) is 5.69 Å². The molecule has 0 unspecified atom stereocenters. The van der Waals surface area contributed by atoms with Gasteiger partial charge in [-0.05, 0) is 39.3 Å². The number of carbonyl (C=O) groups is 1. The summed E-state index contributed by atoms with van der Waals surface area (Å²) in [6.07, 6.45) is 0.340. The van der Waals surface area contributed by atoms with Gasteiger partial charge in [0, 0.05) is 22.6 Å². The van der Waals surface area contributed by atoms with Crippen LogP contribution in [0, 0.1) is 6.92 Å². The molecule has 0 saturated heterocycles. The van der Waals surface area contributed by atoms with Gasteiger partial charge < -0.3 is 9.30 Å². The molecular weight excluding hydrogens is 238 g/mol. The fourth-order valence-corrected chi connectivity index (χ4v) is 2.64. The number of benzene rings is 1. The maximum atomic E-state index is 11.8. The smallest absolute Gasteiger partial charge is 0.311 e. The summed E-state index contributed by atoms with van der Waals surface area (Å²) < 4.78 is 7.32. The first-order chi connectivity index (χ1) is 9.06. The molecule has 1 aromatic carbocycles. The number of aromatic nitrogens is 1. The molecule has 19 heavy (non-hydrogen) atoms. The second kappa shape index (κ2) is 5.47. The molecule has 0 bridgehead atoms. The van der Waals surface area contributed by atoms with Crippen molar-refractivity contribution in [1.82, 2.24) is 4.57 Å². The van der Waals surface area contributed by atoms with Crippen molar-refractivity contribution in [2.45, 2.75) is 40.2 Å². The highest BCUT2D eigenvalue weighted by Crippen LogP contribution is 2.29. The van der Waals surface area contributed by atoms with Crippen molar-refractivity contribution in [3.05, 3.63) is 35.5 Å². The first-order valence-corrected chi connectivity index (χ1v) is 6.80. The van der Waals surface area contributed by atoms with Crippen LogP contribution in [-0.4, -0.2) is 17.1 Å². The van der Waals surface area contributed by atoms with Crippen LogP contribution >= 0.6 is 0 Å². The Bertz CT molecular complexity index is 596. The Hall–Kier alpha value is -1.77. The zero-order valence-electron chi connectivity index (χ0n) is 12.1. The molecule has 1 heterocycles. The lowest BCUT2D eigenvalue weighted by Crippen LogP contribution is -2.14. The first-order valence-electron chi connectivity index (χ1n) is 6.80. The minimum atomic E-state index is -0.157. The summed E-state index contributed by atoms with van der Waals surface area (Å²) in [5.41, 5.74) is 3.43. The van der Waals surface area contributed by atoms with Gasteiger partial charge in [0.1, 0.15) is 0 Å².